The monoisotopic (exact) mass is 361 g/mol. The van der Waals surface area contributed by atoms with E-state index in [0.717, 1.165) is 56.6 Å². The molecule has 26 heavy (non-hydrogen) atoms. The number of aromatic nitrogens is 3. The van der Waals surface area contributed by atoms with E-state index < -0.39 is 0 Å². The number of rotatable bonds is 5. The highest BCUT2D eigenvalue weighted by Crippen LogP contribution is 2.15. The second-order valence-electron chi connectivity index (χ2n) is 7.01. The van der Waals surface area contributed by atoms with E-state index >= 15 is 0 Å². The largest absolute Gasteiger partial charge is 0.357 e. The van der Waals surface area contributed by atoms with Crippen molar-refractivity contribution in [3.05, 3.63) is 11.6 Å². The fourth-order valence-electron chi connectivity index (χ4n) is 3.65. The predicted molar refractivity (Wildman–Crippen MR) is 101 cm³/mol. The Bertz CT molecular complexity index is 639. The van der Waals surface area contributed by atoms with Gasteiger partial charge in [-0.05, 0) is 26.2 Å². The molecule has 3 heterocycles. The van der Waals surface area contributed by atoms with Gasteiger partial charge in [0.2, 0.25) is 5.91 Å². The maximum absolute atomic E-state index is 11.9. The summed E-state index contributed by atoms with van der Waals surface area (Å²) in [6.45, 7) is 7.85. The first kappa shape index (κ1) is 18.7. The number of amides is 1. The summed E-state index contributed by atoms with van der Waals surface area (Å²) in [5.74, 6) is 3.04. The SMILES string of the molecule is CCNC(=NCc1nnc2n1CCCCC2)NC1CCN(C(=O)CC)C1. The first-order chi connectivity index (χ1) is 12.7. The van der Waals surface area contributed by atoms with Gasteiger partial charge in [0.25, 0.3) is 0 Å². The highest BCUT2D eigenvalue weighted by Gasteiger charge is 2.25. The predicted octanol–water partition coefficient (Wildman–Crippen LogP) is 1.07. The molecule has 1 atom stereocenters. The molecule has 0 saturated carbocycles. The Morgan fingerprint density at radius 2 is 2.12 bits per heavy atom. The third-order valence-corrected chi connectivity index (χ3v) is 5.09. The normalized spacial score (nSPS) is 20.6. The number of fused-ring (bicyclic) bond motifs is 1. The zero-order valence-corrected chi connectivity index (χ0v) is 16.0. The maximum Gasteiger partial charge on any atom is 0.222 e. The summed E-state index contributed by atoms with van der Waals surface area (Å²) in [5, 5.41) is 15.5. The van der Waals surface area contributed by atoms with Gasteiger partial charge in [-0.1, -0.05) is 13.3 Å². The summed E-state index contributed by atoms with van der Waals surface area (Å²) >= 11 is 0. The molecule has 144 valence electrons. The van der Waals surface area contributed by atoms with Gasteiger partial charge in [-0.25, -0.2) is 4.99 Å². The van der Waals surface area contributed by atoms with Crippen LogP contribution in [-0.4, -0.2) is 57.2 Å². The van der Waals surface area contributed by atoms with Crippen LogP contribution in [0.15, 0.2) is 4.99 Å². The summed E-state index contributed by atoms with van der Waals surface area (Å²) in [5.41, 5.74) is 0. The van der Waals surface area contributed by atoms with Crippen molar-refractivity contribution in [2.75, 3.05) is 19.6 Å². The van der Waals surface area contributed by atoms with Crippen LogP contribution in [0.4, 0.5) is 0 Å². The number of carbonyl (C=O) groups excluding carboxylic acids is 1. The quantitative estimate of drug-likeness (QED) is 0.605. The second kappa shape index (κ2) is 9.00. The number of nitrogens with one attached hydrogen (secondary N) is 2. The molecule has 0 radical (unpaired) electrons. The third-order valence-electron chi connectivity index (χ3n) is 5.09. The van der Waals surface area contributed by atoms with Gasteiger partial charge in [0, 0.05) is 45.1 Å². The van der Waals surface area contributed by atoms with E-state index in [1.165, 1.54) is 19.3 Å². The molecule has 2 aliphatic rings. The molecule has 0 spiro atoms. The molecule has 1 unspecified atom stereocenters. The highest BCUT2D eigenvalue weighted by molar-refractivity contribution is 5.80. The first-order valence-corrected chi connectivity index (χ1v) is 9.94. The molecule has 0 aliphatic carbocycles. The third kappa shape index (κ3) is 4.53. The number of hydrogen-bond acceptors (Lipinski definition) is 4. The molecule has 1 fully saturated rings. The van der Waals surface area contributed by atoms with Crippen LogP contribution in [0.1, 0.15) is 57.6 Å². The van der Waals surface area contributed by atoms with E-state index in [2.05, 4.69) is 32.3 Å². The Morgan fingerprint density at radius 3 is 2.92 bits per heavy atom. The Kier molecular flexibility index (Phi) is 6.46. The van der Waals surface area contributed by atoms with Crippen molar-refractivity contribution in [2.45, 2.75) is 71.5 Å². The molecule has 3 rings (SSSR count). The average molecular weight is 361 g/mol. The fourth-order valence-corrected chi connectivity index (χ4v) is 3.65. The van der Waals surface area contributed by atoms with Gasteiger partial charge >= 0.3 is 0 Å². The molecule has 1 saturated heterocycles. The molecule has 2 N–H and O–H groups in total. The van der Waals surface area contributed by atoms with Crippen molar-refractivity contribution in [3.63, 3.8) is 0 Å². The van der Waals surface area contributed by atoms with Gasteiger partial charge in [0.1, 0.15) is 12.4 Å². The molecule has 8 heteroatoms. The number of aliphatic imine (C=N–C) groups is 1. The van der Waals surface area contributed by atoms with Gasteiger partial charge in [-0.2, -0.15) is 0 Å². The van der Waals surface area contributed by atoms with Gasteiger partial charge in [-0.3, -0.25) is 4.79 Å². The summed E-state index contributed by atoms with van der Waals surface area (Å²) in [6.07, 6.45) is 6.17. The van der Waals surface area contributed by atoms with E-state index in [9.17, 15) is 4.79 Å². The van der Waals surface area contributed by atoms with Crippen LogP contribution in [0.25, 0.3) is 0 Å². The number of likely N-dealkylation sites (tertiary alicyclic amines) is 1. The van der Waals surface area contributed by atoms with Crippen molar-refractivity contribution >= 4 is 11.9 Å². The van der Waals surface area contributed by atoms with Gasteiger partial charge in [0.05, 0.1) is 0 Å². The van der Waals surface area contributed by atoms with Crippen molar-refractivity contribution in [3.8, 4) is 0 Å². The Labute approximate surface area is 155 Å². The van der Waals surface area contributed by atoms with Gasteiger partial charge < -0.3 is 20.1 Å². The number of carbonyl (C=O) groups is 1. The lowest BCUT2D eigenvalue weighted by molar-refractivity contribution is -0.129. The number of aryl methyl sites for hydroxylation is 1. The summed E-state index contributed by atoms with van der Waals surface area (Å²) < 4.78 is 2.23. The summed E-state index contributed by atoms with van der Waals surface area (Å²) in [6, 6.07) is 0.249. The van der Waals surface area contributed by atoms with Crippen molar-refractivity contribution < 1.29 is 4.79 Å². The second-order valence-corrected chi connectivity index (χ2v) is 7.01. The lowest BCUT2D eigenvalue weighted by Crippen LogP contribution is -2.45. The zero-order chi connectivity index (χ0) is 18.4. The number of hydrogen-bond donors (Lipinski definition) is 2. The van der Waals surface area contributed by atoms with Gasteiger partial charge in [0.15, 0.2) is 11.8 Å². The van der Waals surface area contributed by atoms with Crippen molar-refractivity contribution in [1.29, 1.82) is 0 Å². The van der Waals surface area contributed by atoms with Crippen LogP contribution in [-0.2, 0) is 24.3 Å². The van der Waals surface area contributed by atoms with E-state index in [1.54, 1.807) is 0 Å². The fraction of sp³-hybridized carbons (Fsp3) is 0.778. The van der Waals surface area contributed by atoms with Crippen LogP contribution in [0, 0.1) is 0 Å². The van der Waals surface area contributed by atoms with E-state index in [-0.39, 0.29) is 11.9 Å². The minimum atomic E-state index is 0.224. The lowest BCUT2D eigenvalue weighted by Gasteiger charge is -2.18. The number of nitrogens with zero attached hydrogens (tertiary/aromatic N) is 5. The van der Waals surface area contributed by atoms with Crippen molar-refractivity contribution in [1.82, 2.24) is 30.3 Å². The molecular formula is C18H31N7O. The van der Waals surface area contributed by atoms with Crippen molar-refractivity contribution in [2.24, 2.45) is 4.99 Å². The van der Waals surface area contributed by atoms with E-state index in [0.29, 0.717) is 13.0 Å². The van der Waals surface area contributed by atoms with Crippen LogP contribution >= 0.6 is 0 Å². The summed E-state index contributed by atoms with van der Waals surface area (Å²) in [4.78, 5) is 18.5. The van der Waals surface area contributed by atoms with E-state index in [1.807, 2.05) is 11.8 Å². The smallest absolute Gasteiger partial charge is 0.222 e. The molecule has 0 bridgehead atoms. The number of guanidine groups is 1. The lowest BCUT2D eigenvalue weighted by atomic mass is 10.2. The van der Waals surface area contributed by atoms with Crippen LogP contribution in [0.2, 0.25) is 0 Å². The molecule has 1 aromatic heterocycles. The van der Waals surface area contributed by atoms with E-state index in [4.69, 9.17) is 4.99 Å². The zero-order valence-electron chi connectivity index (χ0n) is 16.0. The Morgan fingerprint density at radius 1 is 1.23 bits per heavy atom. The maximum atomic E-state index is 11.9. The average Bonchev–Trinajstić information content (AvgIpc) is 3.20. The Hall–Kier alpha value is -2.12. The summed E-state index contributed by atoms with van der Waals surface area (Å²) in [7, 11) is 0. The molecular weight excluding hydrogens is 330 g/mol. The molecule has 1 aromatic rings. The standard InChI is InChI=1S/C18H31N7O/c1-3-17(26)24-11-9-14(13-24)21-18(19-4-2)20-12-16-23-22-15-8-6-5-7-10-25(15)16/h14H,3-13H2,1-2H3,(H2,19,20,21). The molecule has 8 nitrogen and oxygen atoms in total. The minimum absolute atomic E-state index is 0.224. The van der Waals surface area contributed by atoms with Crippen LogP contribution in [0.5, 0.6) is 0 Å². The molecule has 0 aromatic carbocycles. The molecule has 2 aliphatic heterocycles. The topological polar surface area (TPSA) is 87.4 Å². The molecule has 1 amide bonds. The van der Waals surface area contributed by atoms with Crippen LogP contribution < -0.4 is 10.6 Å². The van der Waals surface area contributed by atoms with Gasteiger partial charge in [-0.15, -0.1) is 10.2 Å². The first-order valence-electron chi connectivity index (χ1n) is 9.94. The highest BCUT2D eigenvalue weighted by atomic mass is 16.2. The van der Waals surface area contributed by atoms with Crippen LogP contribution in [0.3, 0.4) is 0 Å². The minimum Gasteiger partial charge on any atom is -0.357 e. The Balaban J connectivity index is 1.61.